The molecule has 1 atom stereocenters. The van der Waals surface area contributed by atoms with Crippen molar-refractivity contribution in [3.8, 4) is 11.1 Å². The quantitative estimate of drug-likeness (QED) is 0.695. The van der Waals surface area contributed by atoms with Crippen LogP contribution in [0.5, 0.6) is 0 Å². The van der Waals surface area contributed by atoms with Gasteiger partial charge in [0.15, 0.2) is 5.25 Å². The second-order valence-electron chi connectivity index (χ2n) is 7.29. The molecule has 2 aromatic carbocycles. The summed E-state index contributed by atoms with van der Waals surface area (Å²) >= 11 is 0. The fourth-order valence-corrected chi connectivity index (χ4v) is 5.33. The molecule has 0 amide bonds. The van der Waals surface area contributed by atoms with E-state index in [2.05, 4.69) is 36.4 Å². The molecule has 0 aromatic heterocycles. The highest BCUT2D eigenvalue weighted by atomic mass is 32.2. The van der Waals surface area contributed by atoms with Crippen LogP contribution < -0.4 is 0 Å². The number of sulfonamides is 1. The average molecular weight is 414 g/mol. The van der Waals surface area contributed by atoms with E-state index >= 15 is 0 Å². The zero-order valence-electron chi connectivity index (χ0n) is 16.6. The van der Waals surface area contributed by atoms with E-state index in [1.165, 1.54) is 4.31 Å². The highest BCUT2D eigenvalue weighted by Crippen LogP contribution is 2.28. The Bertz CT molecular complexity index is 966. The van der Waals surface area contributed by atoms with Crippen LogP contribution in [0.1, 0.15) is 38.2 Å². The van der Waals surface area contributed by atoms with Crippen molar-refractivity contribution in [1.29, 1.82) is 0 Å². The SMILES string of the molecule is CCCC[C@@H](C(=O)O)S(=O)(=O)N1CC=C(c2ccc(-c3ccccc3)cc2)CC1. The first-order valence-corrected chi connectivity index (χ1v) is 11.5. The van der Waals surface area contributed by atoms with Gasteiger partial charge in [0.25, 0.3) is 0 Å². The van der Waals surface area contributed by atoms with Gasteiger partial charge in [0, 0.05) is 13.1 Å². The number of nitrogens with zero attached hydrogens (tertiary/aromatic N) is 1. The number of benzene rings is 2. The van der Waals surface area contributed by atoms with E-state index in [9.17, 15) is 18.3 Å². The summed E-state index contributed by atoms with van der Waals surface area (Å²) in [5.41, 5.74) is 4.45. The predicted octanol–water partition coefficient (Wildman–Crippen LogP) is 4.42. The first-order valence-electron chi connectivity index (χ1n) is 10.00. The highest BCUT2D eigenvalue weighted by Gasteiger charge is 2.37. The van der Waals surface area contributed by atoms with Gasteiger partial charge in [0.1, 0.15) is 0 Å². The number of carboxylic acid groups (broad SMARTS) is 1. The predicted molar refractivity (Wildman–Crippen MR) is 116 cm³/mol. The van der Waals surface area contributed by atoms with Crippen LogP contribution in [-0.4, -0.2) is 42.1 Å². The van der Waals surface area contributed by atoms with Gasteiger partial charge in [0.05, 0.1) is 0 Å². The summed E-state index contributed by atoms with van der Waals surface area (Å²) in [5, 5.41) is 8.04. The monoisotopic (exact) mass is 413 g/mol. The number of carbonyl (C=O) groups is 1. The summed E-state index contributed by atoms with van der Waals surface area (Å²) in [6.07, 6.45) is 3.98. The molecular formula is C23H27NO4S. The Morgan fingerprint density at radius 1 is 1.03 bits per heavy atom. The van der Waals surface area contributed by atoms with Crippen LogP contribution in [0.2, 0.25) is 0 Å². The maximum Gasteiger partial charge on any atom is 0.323 e. The van der Waals surface area contributed by atoms with Crippen LogP contribution >= 0.6 is 0 Å². The lowest BCUT2D eigenvalue weighted by Gasteiger charge is -2.28. The van der Waals surface area contributed by atoms with E-state index in [1.807, 2.05) is 31.2 Å². The van der Waals surface area contributed by atoms with Crippen LogP contribution in [0, 0.1) is 0 Å². The Labute approximate surface area is 172 Å². The van der Waals surface area contributed by atoms with Crippen molar-refractivity contribution in [3.63, 3.8) is 0 Å². The molecule has 29 heavy (non-hydrogen) atoms. The molecule has 0 aliphatic carbocycles. The van der Waals surface area contributed by atoms with E-state index in [0.29, 0.717) is 19.4 Å². The summed E-state index contributed by atoms with van der Waals surface area (Å²) in [4.78, 5) is 11.5. The lowest BCUT2D eigenvalue weighted by atomic mass is 9.97. The van der Waals surface area contributed by atoms with Crippen molar-refractivity contribution < 1.29 is 18.3 Å². The van der Waals surface area contributed by atoms with Gasteiger partial charge in [-0.1, -0.05) is 80.4 Å². The number of hydrogen-bond donors (Lipinski definition) is 1. The Morgan fingerprint density at radius 3 is 2.21 bits per heavy atom. The third-order valence-electron chi connectivity index (χ3n) is 5.35. The number of rotatable bonds is 8. The van der Waals surface area contributed by atoms with Crippen molar-refractivity contribution in [3.05, 3.63) is 66.2 Å². The maximum absolute atomic E-state index is 12.8. The zero-order valence-corrected chi connectivity index (χ0v) is 17.4. The number of unbranched alkanes of at least 4 members (excludes halogenated alkanes) is 1. The average Bonchev–Trinajstić information content (AvgIpc) is 2.74. The Balaban J connectivity index is 1.72. The summed E-state index contributed by atoms with van der Waals surface area (Å²) in [7, 11) is -3.85. The molecule has 1 N–H and O–H groups in total. The normalized spacial score (nSPS) is 16.2. The molecule has 0 bridgehead atoms. The first-order chi connectivity index (χ1) is 13.9. The van der Waals surface area contributed by atoms with E-state index in [-0.39, 0.29) is 13.0 Å². The van der Waals surface area contributed by atoms with Crippen molar-refractivity contribution in [2.45, 2.75) is 37.9 Å². The highest BCUT2D eigenvalue weighted by molar-refractivity contribution is 7.90. The molecule has 3 rings (SSSR count). The third-order valence-corrected chi connectivity index (χ3v) is 7.56. The summed E-state index contributed by atoms with van der Waals surface area (Å²) in [5.74, 6) is -1.26. The number of hydrogen-bond acceptors (Lipinski definition) is 3. The van der Waals surface area contributed by atoms with Crippen LogP contribution in [0.15, 0.2) is 60.7 Å². The van der Waals surface area contributed by atoms with Crippen molar-refractivity contribution in [1.82, 2.24) is 4.31 Å². The molecule has 1 heterocycles. The van der Waals surface area contributed by atoms with Gasteiger partial charge in [-0.25, -0.2) is 8.42 Å². The molecule has 6 heteroatoms. The summed E-state index contributed by atoms with van der Waals surface area (Å²) in [6, 6.07) is 18.4. The molecule has 5 nitrogen and oxygen atoms in total. The van der Waals surface area contributed by atoms with Gasteiger partial charge in [-0.2, -0.15) is 4.31 Å². The van der Waals surface area contributed by atoms with Crippen LogP contribution in [0.25, 0.3) is 16.7 Å². The lowest BCUT2D eigenvalue weighted by Crippen LogP contribution is -2.44. The van der Waals surface area contributed by atoms with Gasteiger partial charge in [-0.15, -0.1) is 0 Å². The fraction of sp³-hybridized carbons (Fsp3) is 0.348. The molecule has 154 valence electrons. The van der Waals surface area contributed by atoms with Crippen LogP contribution in [0.4, 0.5) is 0 Å². The molecule has 0 unspecified atom stereocenters. The minimum atomic E-state index is -3.85. The fourth-order valence-electron chi connectivity index (χ4n) is 3.62. The molecule has 0 saturated heterocycles. The van der Waals surface area contributed by atoms with E-state index < -0.39 is 21.2 Å². The van der Waals surface area contributed by atoms with E-state index in [0.717, 1.165) is 28.7 Å². The second-order valence-corrected chi connectivity index (χ2v) is 9.41. The largest absolute Gasteiger partial charge is 0.480 e. The van der Waals surface area contributed by atoms with Gasteiger partial charge < -0.3 is 5.11 Å². The minimum Gasteiger partial charge on any atom is -0.480 e. The lowest BCUT2D eigenvalue weighted by molar-refractivity contribution is -0.136. The molecule has 1 aliphatic heterocycles. The number of carboxylic acids is 1. The van der Waals surface area contributed by atoms with Gasteiger partial charge in [-0.05, 0) is 35.1 Å². The van der Waals surface area contributed by atoms with Crippen LogP contribution in [0.3, 0.4) is 0 Å². The third kappa shape index (κ3) is 4.95. The van der Waals surface area contributed by atoms with Crippen molar-refractivity contribution in [2.75, 3.05) is 13.1 Å². The van der Waals surface area contributed by atoms with Gasteiger partial charge >= 0.3 is 5.97 Å². The summed E-state index contributed by atoms with van der Waals surface area (Å²) < 4.78 is 26.9. The molecule has 1 aliphatic rings. The Kier molecular flexibility index (Phi) is 6.87. The van der Waals surface area contributed by atoms with Crippen molar-refractivity contribution >= 4 is 21.6 Å². The Hall–Kier alpha value is -2.44. The molecule has 0 radical (unpaired) electrons. The summed E-state index contributed by atoms with van der Waals surface area (Å²) in [6.45, 7) is 2.45. The smallest absolute Gasteiger partial charge is 0.323 e. The van der Waals surface area contributed by atoms with Gasteiger partial charge in [0.2, 0.25) is 10.0 Å². The topological polar surface area (TPSA) is 74.7 Å². The first kappa shape index (κ1) is 21.3. The van der Waals surface area contributed by atoms with E-state index in [1.54, 1.807) is 0 Å². The molecule has 0 spiro atoms. The maximum atomic E-state index is 12.8. The molecule has 0 fully saturated rings. The van der Waals surface area contributed by atoms with Gasteiger partial charge in [-0.3, -0.25) is 4.79 Å². The Morgan fingerprint density at radius 2 is 1.66 bits per heavy atom. The second kappa shape index (κ2) is 9.37. The molecule has 0 saturated carbocycles. The standard InChI is InChI=1S/C23H27NO4S/c1-2-3-9-22(23(25)26)29(27,28)24-16-14-21(15-17-24)20-12-10-19(11-13-20)18-7-5-4-6-8-18/h4-8,10-14,22H,2-3,9,15-17H2,1H3,(H,25,26)/t22-/m0/s1. The van der Waals surface area contributed by atoms with Crippen LogP contribution in [-0.2, 0) is 14.8 Å². The molecular weight excluding hydrogens is 386 g/mol. The zero-order chi connectivity index (χ0) is 20.9. The van der Waals surface area contributed by atoms with Crippen molar-refractivity contribution in [2.24, 2.45) is 0 Å². The number of aliphatic carboxylic acids is 1. The van der Waals surface area contributed by atoms with E-state index in [4.69, 9.17) is 0 Å². The molecule has 2 aromatic rings. The minimum absolute atomic E-state index is 0.155.